The standard InChI is InChI=1S/C17H21ClN4O2/c1-3-21(4-2)16(23)9-11-19-17(24)14-10-12-22(20-14)15-8-6-5-7-13(15)18/h5-8,10,12H,3-4,9,11H2,1-2H3,(H,19,24). The topological polar surface area (TPSA) is 67.2 Å². The molecule has 0 radical (unpaired) electrons. The third-order valence-electron chi connectivity index (χ3n) is 3.66. The van der Waals surface area contributed by atoms with Gasteiger partial charge in [-0.25, -0.2) is 4.68 Å². The molecule has 1 aromatic heterocycles. The fraction of sp³-hybridized carbons (Fsp3) is 0.353. The second kappa shape index (κ2) is 8.49. The van der Waals surface area contributed by atoms with Gasteiger partial charge in [0.2, 0.25) is 5.91 Å². The fourth-order valence-corrected chi connectivity index (χ4v) is 2.55. The van der Waals surface area contributed by atoms with E-state index in [1.165, 1.54) is 0 Å². The van der Waals surface area contributed by atoms with Crippen molar-refractivity contribution in [2.24, 2.45) is 0 Å². The van der Waals surface area contributed by atoms with E-state index in [2.05, 4.69) is 10.4 Å². The summed E-state index contributed by atoms with van der Waals surface area (Å²) in [6, 6.07) is 8.87. The maximum atomic E-state index is 12.1. The molecule has 2 aromatic rings. The minimum Gasteiger partial charge on any atom is -0.350 e. The van der Waals surface area contributed by atoms with Crippen molar-refractivity contribution in [1.29, 1.82) is 0 Å². The average molecular weight is 349 g/mol. The predicted octanol–water partition coefficient (Wildman–Crippen LogP) is 2.51. The van der Waals surface area contributed by atoms with E-state index in [1.54, 1.807) is 27.9 Å². The van der Waals surface area contributed by atoms with Gasteiger partial charge in [-0.05, 0) is 32.0 Å². The van der Waals surface area contributed by atoms with Crippen molar-refractivity contribution < 1.29 is 9.59 Å². The van der Waals surface area contributed by atoms with Gasteiger partial charge in [0.1, 0.15) is 0 Å². The first-order valence-electron chi connectivity index (χ1n) is 7.93. The van der Waals surface area contributed by atoms with Gasteiger partial charge in [0, 0.05) is 32.3 Å². The lowest BCUT2D eigenvalue weighted by molar-refractivity contribution is -0.130. The van der Waals surface area contributed by atoms with E-state index >= 15 is 0 Å². The van der Waals surface area contributed by atoms with Crippen LogP contribution >= 0.6 is 11.6 Å². The van der Waals surface area contributed by atoms with E-state index in [0.717, 1.165) is 0 Å². The highest BCUT2D eigenvalue weighted by Crippen LogP contribution is 2.18. The van der Waals surface area contributed by atoms with Crippen LogP contribution in [0.5, 0.6) is 0 Å². The number of halogens is 1. The first-order chi connectivity index (χ1) is 11.6. The highest BCUT2D eigenvalue weighted by Gasteiger charge is 2.13. The molecule has 0 aliphatic carbocycles. The van der Waals surface area contributed by atoms with Crippen LogP contribution in [0.4, 0.5) is 0 Å². The van der Waals surface area contributed by atoms with Crippen LogP contribution < -0.4 is 5.32 Å². The molecule has 0 atom stereocenters. The summed E-state index contributed by atoms with van der Waals surface area (Å²) in [7, 11) is 0. The summed E-state index contributed by atoms with van der Waals surface area (Å²) in [6.45, 7) is 5.49. The summed E-state index contributed by atoms with van der Waals surface area (Å²) < 4.78 is 1.55. The molecule has 2 amide bonds. The van der Waals surface area contributed by atoms with Gasteiger partial charge in [0.05, 0.1) is 10.7 Å². The summed E-state index contributed by atoms with van der Waals surface area (Å²) in [6.07, 6.45) is 1.95. The largest absolute Gasteiger partial charge is 0.350 e. The zero-order chi connectivity index (χ0) is 17.5. The van der Waals surface area contributed by atoms with Gasteiger partial charge >= 0.3 is 0 Å². The van der Waals surface area contributed by atoms with Gasteiger partial charge in [-0.3, -0.25) is 9.59 Å². The van der Waals surface area contributed by atoms with Gasteiger partial charge in [-0.15, -0.1) is 0 Å². The van der Waals surface area contributed by atoms with Crippen molar-refractivity contribution in [2.75, 3.05) is 19.6 Å². The lowest BCUT2D eigenvalue weighted by Crippen LogP contribution is -2.34. The third-order valence-corrected chi connectivity index (χ3v) is 3.98. The molecule has 0 saturated heterocycles. The molecule has 6 nitrogen and oxygen atoms in total. The highest BCUT2D eigenvalue weighted by molar-refractivity contribution is 6.32. The molecule has 0 saturated carbocycles. The number of benzene rings is 1. The second-order valence-corrected chi connectivity index (χ2v) is 5.58. The molecule has 1 N–H and O–H groups in total. The zero-order valence-electron chi connectivity index (χ0n) is 13.8. The molecule has 0 bridgehead atoms. The van der Waals surface area contributed by atoms with Crippen molar-refractivity contribution >= 4 is 23.4 Å². The van der Waals surface area contributed by atoms with Crippen molar-refractivity contribution in [1.82, 2.24) is 20.0 Å². The third kappa shape index (κ3) is 4.35. The van der Waals surface area contributed by atoms with Crippen LogP contribution in [0.15, 0.2) is 36.5 Å². The minimum atomic E-state index is -0.312. The minimum absolute atomic E-state index is 0.0295. The number of carbonyl (C=O) groups is 2. The quantitative estimate of drug-likeness (QED) is 0.836. The lowest BCUT2D eigenvalue weighted by atomic mass is 10.3. The molecule has 1 aromatic carbocycles. The smallest absolute Gasteiger partial charge is 0.271 e. The number of hydrogen-bond acceptors (Lipinski definition) is 3. The maximum Gasteiger partial charge on any atom is 0.271 e. The Morgan fingerprint density at radius 3 is 2.58 bits per heavy atom. The van der Waals surface area contributed by atoms with E-state index in [1.807, 2.05) is 32.0 Å². The molecular weight excluding hydrogens is 328 g/mol. The van der Waals surface area contributed by atoms with Crippen molar-refractivity contribution in [3.8, 4) is 5.69 Å². The Balaban J connectivity index is 1.92. The average Bonchev–Trinajstić information content (AvgIpc) is 3.06. The Kier molecular flexibility index (Phi) is 6.37. The zero-order valence-corrected chi connectivity index (χ0v) is 14.6. The Morgan fingerprint density at radius 1 is 1.21 bits per heavy atom. The van der Waals surface area contributed by atoms with Gasteiger partial charge in [0.15, 0.2) is 5.69 Å². The Morgan fingerprint density at radius 2 is 1.92 bits per heavy atom. The molecule has 0 spiro atoms. The van der Waals surface area contributed by atoms with Gasteiger partial charge in [-0.1, -0.05) is 23.7 Å². The Hall–Kier alpha value is -2.34. The van der Waals surface area contributed by atoms with Gasteiger partial charge < -0.3 is 10.2 Å². The number of hydrogen-bond donors (Lipinski definition) is 1. The van der Waals surface area contributed by atoms with Crippen LogP contribution in [0, 0.1) is 0 Å². The molecule has 0 aliphatic heterocycles. The Bertz CT molecular complexity index is 710. The van der Waals surface area contributed by atoms with E-state index < -0.39 is 0 Å². The molecule has 0 aliphatic rings. The van der Waals surface area contributed by atoms with Crippen LogP contribution in [0.2, 0.25) is 5.02 Å². The lowest BCUT2D eigenvalue weighted by Gasteiger charge is -2.18. The van der Waals surface area contributed by atoms with Crippen molar-refractivity contribution in [3.63, 3.8) is 0 Å². The molecule has 128 valence electrons. The molecule has 0 unspecified atom stereocenters. The predicted molar refractivity (Wildman–Crippen MR) is 93.5 cm³/mol. The van der Waals surface area contributed by atoms with Crippen LogP contribution in [-0.2, 0) is 4.79 Å². The van der Waals surface area contributed by atoms with Crippen molar-refractivity contribution in [3.05, 3.63) is 47.2 Å². The van der Waals surface area contributed by atoms with E-state index in [-0.39, 0.29) is 30.5 Å². The normalized spacial score (nSPS) is 10.5. The van der Waals surface area contributed by atoms with Crippen molar-refractivity contribution in [2.45, 2.75) is 20.3 Å². The van der Waals surface area contributed by atoms with Gasteiger partial charge in [0.25, 0.3) is 5.91 Å². The number of amides is 2. The highest BCUT2D eigenvalue weighted by atomic mass is 35.5. The number of nitrogens with zero attached hydrogens (tertiary/aromatic N) is 3. The van der Waals surface area contributed by atoms with Crippen LogP contribution in [0.3, 0.4) is 0 Å². The maximum absolute atomic E-state index is 12.1. The monoisotopic (exact) mass is 348 g/mol. The van der Waals surface area contributed by atoms with Crippen LogP contribution in [-0.4, -0.2) is 46.1 Å². The summed E-state index contributed by atoms with van der Waals surface area (Å²) in [5, 5.41) is 7.50. The number of nitrogens with one attached hydrogen (secondary N) is 1. The second-order valence-electron chi connectivity index (χ2n) is 5.17. The van der Waals surface area contributed by atoms with E-state index in [4.69, 9.17) is 11.6 Å². The molecule has 2 rings (SSSR count). The SMILES string of the molecule is CCN(CC)C(=O)CCNC(=O)c1ccn(-c2ccccc2Cl)n1. The van der Waals surface area contributed by atoms with Gasteiger partial charge in [-0.2, -0.15) is 5.10 Å². The van der Waals surface area contributed by atoms with E-state index in [9.17, 15) is 9.59 Å². The summed E-state index contributed by atoms with van der Waals surface area (Å²) in [4.78, 5) is 25.7. The summed E-state index contributed by atoms with van der Waals surface area (Å²) >= 11 is 6.12. The number of para-hydroxylation sites is 1. The number of aromatic nitrogens is 2. The van der Waals surface area contributed by atoms with E-state index in [0.29, 0.717) is 23.8 Å². The summed E-state index contributed by atoms with van der Waals surface area (Å²) in [5.74, 6) is -0.282. The molecule has 0 fully saturated rings. The summed E-state index contributed by atoms with van der Waals surface area (Å²) in [5.41, 5.74) is 0.986. The molecular formula is C17H21ClN4O2. The first-order valence-corrected chi connectivity index (χ1v) is 8.31. The Labute approximate surface area is 146 Å². The first kappa shape index (κ1) is 18.0. The van der Waals surface area contributed by atoms with Crippen LogP contribution in [0.25, 0.3) is 5.69 Å². The number of rotatable bonds is 7. The molecule has 24 heavy (non-hydrogen) atoms. The van der Waals surface area contributed by atoms with Crippen LogP contribution in [0.1, 0.15) is 30.8 Å². The number of carbonyl (C=O) groups excluding carboxylic acids is 2. The molecule has 1 heterocycles. The molecule has 7 heteroatoms. The fourth-order valence-electron chi connectivity index (χ4n) is 2.32.